The van der Waals surface area contributed by atoms with Crippen LogP contribution in [0.1, 0.15) is 20.8 Å². The molecule has 74 valence electrons. The van der Waals surface area contributed by atoms with E-state index in [0.717, 1.165) is 11.0 Å². The average molecular weight is 189 g/mol. The summed E-state index contributed by atoms with van der Waals surface area (Å²) >= 11 is 0. The first kappa shape index (κ1) is 9.06. The first-order chi connectivity index (χ1) is 6.48. The van der Waals surface area contributed by atoms with Crippen molar-refractivity contribution >= 4 is 16.7 Å². The quantitative estimate of drug-likeness (QED) is 0.691. The molecule has 0 saturated carbocycles. The molecular weight excluding hydrogens is 174 g/mol. The second kappa shape index (κ2) is 2.74. The van der Waals surface area contributed by atoms with E-state index in [1.807, 2.05) is 12.1 Å². The number of nitrogens with two attached hydrogens (primary N) is 1. The number of hydrogen-bond donors (Lipinski definition) is 1. The van der Waals surface area contributed by atoms with Crippen molar-refractivity contribution in [1.82, 2.24) is 9.55 Å². The van der Waals surface area contributed by atoms with Crippen LogP contribution in [0.5, 0.6) is 0 Å². The van der Waals surface area contributed by atoms with Gasteiger partial charge in [-0.15, -0.1) is 0 Å². The molecule has 14 heavy (non-hydrogen) atoms. The maximum atomic E-state index is 5.72. The monoisotopic (exact) mass is 189 g/mol. The zero-order valence-electron chi connectivity index (χ0n) is 8.78. The molecule has 0 atom stereocenters. The Morgan fingerprint density at radius 1 is 1.36 bits per heavy atom. The van der Waals surface area contributed by atoms with Crippen molar-refractivity contribution in [2.75, 3.05) is 5.73 Å². The lowest BCUT2D eigenvalue weighted by Gasteiger charge is -2.22. The van der Waals surface area contributed by atoms with E-state index in [2.05, 4.69) is 36.5 Å². The van der Waals surface area contributed by atoms with Crippen LogP contribution < -0.4 is 5.73 Å². The number of rotatable bonds is 0. The van der Waals surface area contributed by atoms with E-state index in [4.69, 9.17) is 5.73 Å². The van der Waals surface area contributed by atoms with Crippen LogP contribution in [-0.4, -0.2) is 9.55 Å². The summed E-state index contributed by atoms with van der Waals surface area (Å²) in [6, 6.07) is 3.98. The highest BCUT2D eigenvalue weighted by molar-refractivity contribution is 5.78. The number of nitrogen functional groups attached to an aromatic ring is 1. The second-order valence-corrected chi connectivity index (χ2v) is 4.53. The van der Waals surface area contributed by atoms with Crippen LogP contribution in [0.15, 0.2) is 24.5 Å². The molecule has 0 amide bonds. The fraction of sp³-hybridized carbons (Fsp3) is 0.364. The highest BCUT2D eigenvalue weighted by Gasteiger charge is 2.15. The summed E-state index contributed by atoms with van der Waals surface area (Å²) in [6.07, 6.45) is 3.74. The molecule has 3 heteroatoms. The van der Waals surface area contributed by atoms with E-state index in [1.54, 1.807) is 6.20 Å². The molecule has 2 heterocycles. The Hall–Kier alpha value is -1.51. The molecule has 2 rings (SSSR count). The molecule has 0 saturated heterocycles. The minimum Gasteiger partial charge on any atom is -0.397 e. The SMILES string of the molecule is CC(C)(C)n1ccc2ncc(N)cc21. The van der Waals surface area contributed by atoms with E-state index in [1.165, 1.54) is 0 Å². The van der Waals surface area contributed by atoms with Crippen molar-refractivity contribution in [3.8, 4) is 0 Å². The van der Waals surface area contributed by atoms with E-state index in [-0.39, 0.29) is 5.54 Å². The zero-order valence-corrected chi connectivity index (χ0v) is 8.78. The molecule has 0 spiro atoms. The van der Waals surface area contributed by atoms with Gasteiger partial charge in [0.15, 0.2) is 0 Å². The predicted octanol–water partition coefficient (Wildman–Crippen LogP) is 2.37. The van der Waals surface area contributed by atoms with Crippen LogP contribution in [0.25, 0.3) is 11.0 Å². The smallest absolute Gasteiger partial charge is 0.0882 e. The molecule has 0 aromatic carbocycles. The summed E-state index contributed by atoms with van der Waals surface area (Å²) in [5, 5.41) is 0. The normalized spacial score (nSPS) is 12.2. The minimum atomic E-state index is 0.0667. The van der Waals surface area contributed by atoms with Gasteiger partial charge in [-0.05, 0) is 32.9 Å². The van der Waals surface area contributed by atoms with Crippen LogP contribution in [0, 0.1) is 0 Å². The van der Waals surface area contributed by atoms with Crippen LogP contribution in [0.3, 0.4) is 0 Å². The molecule has 0 bridgehead atoms. The molecular formula is C11H15N3. The summed E-state index contributed by atoms with van der Waals surface area (Å²) in [5.74, 6) is 0. The van der Waals surface area contributed by atoms with Crippen molar-refractivity contribution in [3.05, 3.63) is 24.5 Å². The largest absolute Gasteiger partial charge is 0.397 e. The fourth-order valence-electron chi connectivity index (χ4n) is 1.61. The third kappa shape index (κ3) is 1.35. The van der Waals surface area contributed by atoms with Gasteiger partial charge in [-0.2, -0.15) is 0 Å². The molecule has 3 nitrogen and oxygen atoms in total. The summed E-state index contributed by atoms with van der Waals surface area (Å²) in [5.41, 5.74) is 8.59. The standard InChI is InChI=1S/C11H15N3/c1-11(2,3)14-5-4-9-10(14)6-8(12)7-13-9/h4-7H,12H2,1-3H3. The molecule has 0 fully saturated rings. The number of hydrogen-bond acceptors (Lipinski definition) is 2. The van der Waals surface area contributed by atoms with Crippen LogP contribution >= 0.6 is 0 Å². The minimum absolute atomic E-state index is 0.0667. The van der Waals surface area contributed by atoms with Gasteiger partial charge in [-0.25, -0.2) is 0 Å². The Labute approximate surface area is 83.6 Å². The molecule has 2 aromatic heterocycles. The highest BCUT2D eigenvalue weighted by Crippen LogP contribution is 2.23. The number of pyridine rings is 1. The molecule has 2 N–H and O–H groups in total. The van der Waals surface area contributed by atoms with Gasteiger partial charge in [-0.1, -0.05) is 0 Å². The third-order valence-electron chi connectivity index (χ3n) is 2.28. The summed E-state index contributed by atoms with van der Waals surface area (Å²) in [4.78, 5) is 4.27. The Bertz CT molecular complexity index is 463. The van der Waals surface area contributed by atoms with E-state index >= 15 is 0 Å². The van der Waals surface area contributed by atoms with Gasteiger partial charge in [0.1, 0.15) is 0 Å². The summed E-state index contributed by atoms with van der Waals surface area (Å²) in [6.45, 7) is 6.49. The van der Waals surface area contributed by atoms with E-state index < -0.39 is 0 Å². The summed E-state index contributed by atoms with van der Waals surface area (Å²) in [7, 11) is 0. The second-order valence-electron chi connectivity index (χ2n) is 4.53. The molecule has 0 unspecified atom stereocenters. The maximum absolute atomic E-state index is 5.72. The predicted molar refractivity (Wildman–Crippen MR) is 59.1 cm³/mol. The number of fused-ring (bicyclic) bond motifs is 1. The Kier molecular flexibility index (Phi) is 1.77. The van der Waals surface area contributed by atoms with Crippen LogP contribution in [0.2, 0.25) is 0 Å². The topological polar surface area (TPSA) is 43.8 Å². The Morgan fingerprint density at radius 2 is 2.07 bits per heavy atom. The number of nitrogens with zero attached hydrogens (tertiary/aromatic N) is 2. The van der Waals surface area contributed by atoms with Gasteiger partial charge in [0.2, 0.25) is 0 Å². The van der Waals surface area contributed by atoms with Crippen LogP contribution in [0.4, 0.5) is 5.69 Å². The lowest BCUT2D eigenvalue weighted by Crippen LogP contribution is -2.20. The Balaban J connectivity index is 2.73. The van der Waals surface area contributed by atoms with Crippen molar-refractivity contribution in [2.24, 2.45) is 0 Å². The van der Waals surface area contributed by atoms with Gasteiger partial charge in [0, 0.05) is 11.7 Å². The zero-order chi connectivity index (χ0) is 10.3. The lowest BCUT2D eigenvalue weighted by molar-refractivity contribution is 0.411. The van der Waals surface area contributed by atoms with E-state index in [9.17, 15) is 0 Å². The molecule has 0 aliphatic carbocycles. The molecule has 0 radical (unpaired) electrons. The van der Waals surface area contributed by atoms with Crippen molar-refractivity contribution in [1.29, 1.82) is 0 Å². The molecule has 0 aliphatic rings. The van der Waals surface area contributed by atoms with Crippen molar-refractivity contribution in [2.45, 2.75) is 26.3 Å². The number of aromatic nitrogens is 2. The van der Waals surface area contributed by atoms with Gasteiger partial charge >= 0.3 is 0 Å². The maximum Gasteiger partial charge on any atom is 0.0882 e. The third-order valence-corrected chi connectivity index (χ3v) is 2.28. The van der Waals surface area contributed by atoms with Crippen molar-refractivity contribution < 1.29 is 0 Å². The lowest BCUT2D eigenvalue weighted by atomic mass is 10.1. The van der Waals surface area contributed by atoms with E-state index in [0.29, 0.717) is 5.69 Å². The fourth-order valence-corrected chi connectivity index (χ4v) is 1.61. The first-order valence-electron chi connectivity index (χ1n) is 4.71. The van der Waals surface area contributed by atoms with Crippen LogP contribution in [-0.2, 0) is 5.54 Å². The van der Waals surface area contributed by atoms with Gasteiger partial charge in [0.05, 0.1) is 22.9 Å². The summed E-state index contributed by atoms with van der Waals surface area (Å²) < 4.78 is 2.19. The van der Waals surface area contributed by atoms with Gasteiger partial charge in [0.25, 0.3) is 0 Å². The average Bonchev–Trinajstić information content (AvgIpc) is 2.45. The Morgan fingerprint density at radius 3 is 2.71 bits per heavy atom. The first-order valence-corrected chi connectivity index (χ1v) is 4.71. The number of anilines is 1. The van der Waals surface area contributed by atoms with Gasteiger partial charge < -0.3 is 10.3 Å². The molecule has 2 aromatic rings. The molecule has 0 aliphatic heterocycles. The van der Waals surface area contributed by atoms with Crippen molar-refractivity contribution in [3.63, 3.8) is 0 Å². The van der Waals surface area contributed by atoms with Gasteiger partial charge in [-0.3, -0.25) is 4.98 Å². The highest BCUT2D eigenvalue weighted by atomic mass is 15.0.